The molecule has 1 amide bonds. The zero-order valence-corrected chi connectivity index (χ0v) is 18.1. The Kier molecular flexibility index (Phi) is 6.12. The average Bonchev–Trinajstić information content (AvgIpc) is 2.70. The number of rotatable bonds is 7. The van der Waals surface area contributed by atoms with Crippen molar-refractivity contribution < 1.29 is 17.9 Å². The van der Waals surface area contributed by atoms with Crippen molar-refractivity contribution in [2.24, 2.45) is 10.1 Å². The normalized spacial score (nSPS) is 15.1. The molecule has 0 saturated carbocycles. The molecule has 1 aromatic heterocycles. The summed E-state index contributed by atoms with van der Waals surface area (Å²) in [5.74, 6) is -0.0499. The van der Waals surface area contributed by atoms with Gasteiger partial charge in [-0.25, -0.2) is 8.42 Å². The Morgan fingerprint density at radius 3 is 2.67 bits per heavy atom. The molecule has 1 aliphatic rings. The third-order valence-corrected chi connectivity index (χ3v) is 6.49. The highest BCUT2D eigenvalue weighted by Crippen LogP contribution is 2.29. The molecule has 0 spiro atoms. The minimum Gasteiger partial charge on any atom is -0.490 e. The van der Waals surface area contributed by atoms with Crippen molar-refractivity contribution in [3.63, 3.8) is 0 Å². The van der Waals surface area contributed by atoms with Gasteiger partial charge in [0, 0.05) is 17.5 Å². The highest BCUT2D eigenvalue weighted by molar-refractivity contribution is 7.89. The molecular formula is C21H26N4O4S. The van der Waals surface area contributed by atoms with Gasteiger partial charge in [-0.05, 0) is 43.5 Å². The first-order valence-corrected chi connectivity index (χ1v) is 11.4. The molecule has 0 aliphatic carbocycles. The number of hydrogen-bond donors (Lipinski definition) is 2. The highest BCUT2D eigenvalue weighted by Gasteiger charge is 2.31. The van der Waals surface area contributed by atoms with Crippen LogP contribution < -0.4 is 15.8 Å². The Hall–Kier alpha value is -2.94. The van der Waals surface area contributed by atoms with Crippen molar-refractivity contribution >= 4 is 21.8 Å². The Bertz CT molecular complexity index is 1090. The zero-order valence-electron chi connectivity index (χ0n) is 17.3. The second kappa shape index (κ2) is 8.43. The summed E-state index contributed by atoms with van der Waals surface area (Å²) in [6.45, 7) is 5.99. The molecule has 9 heteroatoms. The molecule has 1 aliphatic heterocycles. The number of carbonyl (C=O) groups excluding carboxylic acids is 1. The van der Waals surface area contributed by atoms with Gasteiger partial charge in [-0.1, -0.05) is 26.0 Å². The third-order valence-electron chi connectivity index (χ3n) is 5.34. The topological polar surface area (TPSA) is 124 Å². The van der Waals surface area contributed by atoms with Crippen LogP contribution in [0.1, 0.15) is 53.9 Å². The number of nitrogens with one attached hydrogen (secondary N) is 1. The summed E-state index contributed by atoms with van der Waals surface area (Å²) >= 11 is 0. The average molecular weight is 431 g/mol. The number of carbonyl (C=O) groups is 1. The summed E-state index contributed by atoms with van der Waals surface area (Å²) in [6, 6.07) is 8.55. The first-order valence-electron chi connectivity index (χ1n) is 9.77. The molecule has 3 rings (SSSR count). The van der Waals surface area contributed by atoms with Gasteiger partial charge in [-0.2, -0.15) is 0 Å². The van der Waals surface area contributed by atoms with E-state index in [1.54, 1.807) is 36.5 Å². The lowest BCUT2D eigenvalue weighted by molar-refractivity contribution is 0.0837. The fourth-order valence-corrected chi connectivity index (χ4v) is 4.50. The number of amides is 1. The number of benzene rings is 1. The second-order valence-electron chi connectivity index (χ2n) is 7.41. The highest BCUT2D eigenvalue weighted by atomic mass is 32.2. The van der Waals surface area contributed by atoms with Crippen molar-refractivity contribution in [3.05, 3.63) is 58.9 Å². The van der Waals surface area contributed by atoms with Crippen LogP contribution in [0, 0.1) is 6.92 Å². The molecule has 160 valence electrons. The first kappa shape index (κ1) is 21.8. The van der Waals surface area contributed by atoms with E-state index in [1.807, 2.05) is 20.8 Å². The van der Waals surface area contributed by atoms with E-state index < -0.39 is 15.6 Å². The maximum absolute atomic E-state index is 12.8. The van der Waals surface area contributed by atoms with Gasteiger partial charge in [0.2, 0.25) is 0 Å². The molecule has 0 atom stereocenters. The van der Waals surface area contributed by atoms with Crippen molar-refractivity contribution in [1.82, 2.24) is 10.3 Å². The van der Waals surface area contributed by atoms with Crippen molar-refractivity contribution in [2.75, 3.05) is 6.61 Å². The number of fused-ring (bicyclic) bond motifs is 1. The van der Waals surface area contributed by atoms with E-state index in [0.29, 0.717) is 35.3 Å². The quantitative estimate of drug-likeness (QED) is 0.695. The number of pyridine rings is 1. The standard InChI is InChI=1S/C21H26N4O4S/c1-4-21(5-2,24-20(26)15-9-10-23-14(3)11-15)13-29-17-8-6-7-16-12-30(27,28)25-19(22)18(16)17/h6-11H,4-5,12-13H2,1-3H3,(H2,22,25)(H,24,26). The van der Waals surface area contributed by atoms with Gasteiger partial charge >= 0.3 is 0 Å². The number of nitrogens with two attached hydrogens (primary N) is 1. The van der Waals surface area contributed by atoms with Crippen LogP contribution in [0.25, 0.3) is 0 Å². The van der Waals surface area contributed by atoms with Gasteiger partial charge < -0.3 is 15.8 Å². The van der Waals surface area contributed by atoms with Gasteiger partial charge in [0.15, 0.2) is 0 Å². The predicted octanol–water partition coefficient (Wildman–Crippen LogP) is 2.31. The molecule has 0 unspecified atom stereocenters. The Labute approximate surface area is 176 Å². The zero-order chi connectivity index (χ0) is 21.9. The summed E-state index contributed by atoms with van der Waals surface area (Å²) in [4.78, 5) is 16.9. The van der Waals surface area contributed by atoms with Gasteiger partial charge in [0.1, 0.15) is 18.2 Å². The Balaban J connectivity index is 1.83. The fraction of sp³-hybridized carbons (Fsp3) is 0.381. The first-order chi connectivity index (χ1) is 14.2. The molecule has 30 heavy (non-hydrogen) atoms. The summed E-state index contributed by atoms with van der Waals surface area (Å²) < 4.78 is 33.4. The van der Waals surface area contributed by atoms with Crippen LogP contribution in [0.2, 0.25) is 0 Å². The number of ether oxygens (including phenoxy) is 1. The van der Waals surface area contributed by atoms with Crippen LogP contribution in [0.15, 0.2) is 40.9 Å². The lowest BCUT2D eigenvalue weighted by Crippen LogP contribution is -2.52. The van der Waals surface area contributed by atoms with Crippen LogP contribution in [-0.2, 0) is 15.8 Å². The summed E-state index contributed by atoms with van der Waals surface area (Å²) in [6.07, 6.45) is 2.89. The van der Waals surface area contributed by atoms with Gasteiger partial charge in [0.05, 0.1) is 16.9 Å². The molecule has 0 fully saturated rings. The number of hydrogen-bond acceptors (Lipinski definition) is 6. The number of sulfonamides is 1. The van der Waals surface area contributed by atoms with E-state index >= 15 is 0 Å². The molecule has 0 radical (unpaired) electrons. The maximum atomic E-state index is 12.8. The molecule has 8 nitrogen and oxygen atoms in total. The second-order valence-corrected chi connectivity index (χ2v) is 9.04. The van der Waals surface area contributed by atoms with Crippen molar-refractivity contribution in [3.8, 4) is 5.75 Å². The molecule has 2 aromatic rings. The van der Waals surface area contributed by atoms with E-state index in [2.05, 4.69) is 14.7 Å². The maximum Gasteiger partial charge on any atom is 0.259 e. The SMILES string of the molecule is CCC(CC)(COc1cccc2c1C(N)=NS(=O)(=O)C2)NC(=O)c1ccnc(C)c1. The Morgan fingerprint density at radius 1 is 1.27 bits per heavy atom. The fourth-order valence-electron chi connectivity index (χ4n) is 3.41. The van der Waals surface area contributed by atoms with E-state index in [9.17, 15) is 13.2 Å². The van der Waals surface area contributed by atoms with Gasteiger partial charge in [-0.15, -0.1) is 4.40 Å². The molecular weight excluding hydrogens is 404 g/mol. The van der Waals surface area contributed by atoms with E-state index in [-0.39, 0.29) is 24.1 Å². The molecule has 1 aromatic carbocycles. The molecule has 0 saturated heterocycles. The van der Waals surface area contributed by atoms with Gasteiger partial charge in [-0.3, -0.25) is 9.78 Å². The van der Waals surface area contributed by atoms with Crippen LogP contribution in [0.3, 0.4) is 0 Å². The summed E-state index contributed by atoms with van der Waals surface area (Å²) in [5, 5.41) is 3.10. The van der Waals surface area contributed by atoms with Crippen LogP contribution in [-0.4, -0.2) is 37.3 Å². The van der Waals surface area contributed by atoms with Crippen LogP contribution in [0.4, 0.5) is 0 Å². The predicted molar refractivity (Wildman–Crippen MR) is 115 cm³/mol. The number of aryl methyl sites for hydroxylation is 1. The lowest BCUT2D eigenvalue weighted by atomic mass is 9.93. The molecule has 2 heterocycles. The summed E-state index contributed by atoms with van der Waals surface area (Å²) in [5.41, 5.74) is 7.64. The lowest BCUT2D eigenvalue weighted by Gasteiger charge is -2.33. The van der Waals surface area contributed by atoms with E-state index in [4.69, 9.17) is 10.5 Å². The van der Waals surface area contributed by atoms with E-state index in [0.717, 1.165) is 5.69 Å². The van der Waals surface area contributed by atoms with Gasteiger partial charge in [0.25, 0.3) is 15.9 Å². The Morgan fingerprint density at radius 2 is 2.00 bits per heavy atom. The largest absolute Gasteiger partial charge is 0.490 e. The smallest absolute Gasteiger partial charge is 0.259 e. The van der Waals surface area contributed by atoms with Crippen LogP contribution in [0.5, 0.6) is 5.75 Å². The van der Waals surface area contributed by atoms with E-state index in [1.165, 1.54) is 0 Å². The van der Waals surface area contributed by atoms with Crippen molar-refractivity contribution in [1.29, 1.82) is 0 Å². The number of amidine groups is 1. The summed E-state index contributed by atoms with van der Waals surface area (Å²) in [7, 11) is -3.62. The third kappa shape index (κ3) is 4.62. The minimum absolute atomic E-state index is 0.0817. The number of aromatic nitrogens is 1. The van der Waals surface area contributed by atoms with Crippen molar-refractivity contribution in [2.45, 2.75) is 44.9 Å². The number of nitrogens with zero attached hydrogens (tertiary/aromatic N) is 2. The van der Waals surface area contributed by atoms with Crippen LogP contribution >= 0.6 is 0 Å². The molecule has 3 N–H and O–H groups in total. The monoisotopic (exact) mass is 430 g/mol. The molecule has 0 bridgehead atoms. The minimum atomic E-state index is -3.62.